The van der Waals surface area contributed by atoms with Gasteiger partial charge in [0.05, 0.1) is 32.3 Å². The molecular weight excluding hydrogens is 466 g/mol. The fourth-order valence-corrected chi connectivity index (χ4v) is 4.24. The number of carbonyl (C=O) groups excluding carboxylic acids is 2. The zero-order chi connectivity index (χ0) is 24.7. The number of fused-ring (bicyclic) bond motifs is 1. The lowest BCUT2D eigenvalue weighted by atomic mass is 10.2. The molecule has 1 fully saturated rings. The Morgan fingerprint density at radius 3 is 2.47 bits per heavy atom. The molecule has 2 aliphatic rings. The number of ether oxygens (including phenoxy) is 3. The Morgan fingerprint density at radius 1 is 0.889 bits per heavy atom. The van der Waals surface area contributed by atoms with Gasteiger partial charge in [0.2, 0.25) is 12.7 Å². The highest BCUT2D eigenvalue weighted by Gasteiger charge is 2.26. The van der Waals surface area contributed by atoms with Gasteiger partial charge in [-0.25, -0.2) is 0 Å². The van der Waals surface area contributed by atoms with E-state index in [2.05, 4.69) is 4.90 Å². The lowest BCUT2D eigenvalue weighted by molar-refractivity contribution is -0.133. The van der Waals surface area contributed by atoms with Gasteiger partial charge in [0.1, 0.15) is 12.3 Å². The molecule has 10 heteroatoms. The van der Waals surface area contributed by atoms with E-state index in [0.29, 0.717) is 50.1 Å². The van der Waals surface area contributed by atoms with Gasteiger partial charge in [-0.05, 0) is 42.0 Å². The van der Waals surface area contributed by atoms with E-state index in [4.69, 9.17) is 23.0 Å². The van der Waals surface area contributed by atoms with E-state index < -0.39 is 0 Å². The summed E-state index contributed by atoms with van der Waals surface area (Å²) in [6.45, 7) is 4.64. The van der Waals surface area contributed by atoms with Crippen LogP contribution < -0.4 is 9.47 Å². The van der Waals surface area contributed by atoms with E-state index >= 15 is 0 Å². The number of nitrogens with zero attached hydrogens (tertiary/aromatic N) is 3. The first-order valence-corrected chi connectivity index (χ1v) is 12.0. The Balaban J connectivity index is 1.32. The molecule has 0 atom stereocenters. The van der Waals surface area contributed by atoms with Gasteiger partial charge in [0.15, 0.2) is 17.3 Å². The number of benzene rings is 1. The number of rotatable bonds is 10. The largest absolute Gasteiger partial charge is 0.467 e. The monoisotopic (exact) mass is 495 g/mol. The first-order valence-electron chi connectivity index (χ1n) is 12.0. The quantitative estimate of drug-likeness (QED) is 0.423. The van der Waals surface area contributed by atoms with E-state index in [0.717, 1.165) is 18.7 Å². The first-order chi connectivity index (χ1) is 17.7. The Morgan fingerprint density at radius 2 is 1.69 bits per heavy atom. The normalized spacial score (nSPS) is 15.1. The van der Waals surface area contributed by atoms with Crippen molar-refractivity contribution in [3.8, 4) is 11.5 Å². The summed E-state index contributed by atoms with van der Waals surface area (Å²) in [6, 6.07) is 12.5. The average Bonchev–Trinajstić information content (AvgIpc) is 3.69. The first kappa shape index (κ1) is 24.0. The highest BCUT2D eigenvalue weighted by Crippen LogP contribution is 2.33. The number of morpholine rings is 1. The van der Waals surface area contributed by atoms with Crippen LogP contribution in [0.15, 0.2) is 63.8 Å². The molecule has 0 bridgehead atoms. The van der Waals surface area contributed by atoms with Crippen LogP contribution in [0.3, 0.4) is 0 Å². The van der Waals surface area contributed by atoms with Gasteiger partial charge in [-0.3, -0.25) is 14.5 Å². The second kappa shape index (κ2) is 11.3. The molecule has 5 rings (SSSR count). The van der Waals surface area contributed by atoms with Gasteiger partial charge in [-0.1, -0.05) is 6.07 Å². The summed E-state index contributed by atoms with van der Waals surface area (Å²) in [5.74, 6) is 1.67. The minimum atomic E-state index is -0.317. The van der Waals surface area contributed by atoms with E-state index in [-0.39, 0.29) is 37.5 Å². The van der Waals surface area contributed by atoms with Crippen LogP contribution in [-0.2, 0) is 22.6 Å². The van der Waals surface area contributed by atoms with Crippen LogP contribution in [0.25, 0.3) is 0 Å². The summed E-state index contributed by atoms with van der Waals surface area (Å²) in [7, 11) is 0. The number of hydrogen-bond donors (Lipinski definition) is 0. The maximum absolute atomic E-state index is 13.6. The zero-order valence-electron chi connectivity index (χ0n) is 20.0. The van der Waals surface area contributed by atoms with Crippen molar-refractivity contribution in [2.24, 2.45) is 0 Å². The van der Waals surface area contributed by atoms with Crippen LogP contribution in [0.4, 0.5) is 0 Å². The third kappa shape index (κ3) is 5.89. The Labute approximate surface area is 208 Å². The van der Waals surface area contributed by atoms with Crippen LogP contribution >= 0.6 is 0 Å². The SMILES string of the molecule is O=C(CN(CCN1CCOCC1)C(=O)c1ccco1)N(Cc1ccc2c(c1)OCO2)Cc1ccco1. The molecule has 0 aliphatic carbocycles. The zero-order valence-corrected chi connectivity index (χ0v) is 20.0. The third-order valence-electron chi connectivity index (χ3n) is 6.23. The molecule has 2 aromatic heterocycles. The molecule has 2 amide bonds. The van der Waals surface area contributed by atoms with Crippen molar-refractivity contribution in [1.82, 2.24) is 14.7 Å². The second-order valence-corrected chi connectivity index (χ2v) is 8.67. The van der Waals surface area contributed by atoms with Crippen molar-refractivity contribution in [2.75, 3.05) is 52.7 Å². The van der Waals surface area contributed by atoms with E-state index in [1.165, 1.54) is 6.26 Å². The summed E-state index contributed by atoms with van der Waals surface area (Å²) in [5, 5.41) is 0. The standard InChI is InChI=1S/C26H29N3O7/c30-25(18-28(26(31)23-4-2-12-34-23)8-7-27-9-13-32-14-10-27)29(17-21-3-1-11-33-21)16-20-5-6-22-24(15-20)36-19-35-22/h1-6,11-12,15H,7-10,13-14,16-19H2. The highest BCUT2D eigenvalue weighted by molar-refractivity contribution is 5.94. The molecule has 1 aromatic carbocycles. The molecule has 4 heterocycles. The van der Waals surface area contributed by atoms with E-state index in [9.17, 15) is 9.59 Å². The number of amides is 2. The molecule has 36 heavy (non-hydrogen) atoms. The number of furan rings is 2. The van der Waals surface area contributed by atoms with Crippen molar-refractivity contribution in [3.05, 3.63) is 72.1 Å². The van der Waals surface area contributed by atoms with Gasteiger partial charge in [0, 0.05) is 32.7 Å². The predicted octanol–water partition coefficient (Wildman–Crippen LogP) is 2.60. The van der Waals surface area contributed by atoms with Gasteiger partial charge < -0.3 is 32.8 Å². The van der Waals surface area contributed by atoms with Gasteiger partial charge in [-0.2, -0.15) is 0 Å². The molecule has 0 N–H and O–H groups in total. The average molecular weight is 496 g/mol. The van der Waals surface area contributed by atoms with Crippen LogP contribution in [0.5, 0.6) is 11.5 Å². The van der Waals surface area contributed by atoms with Crippen molar-refractivity contribution >= 4 is 11.8 Å². The molecule has 3 aromatic rings. The van der Waals surface area contributed by atoms with E-state index in [1.54, 1.807) is 34.3 Å². The third-order valence-corrected chi connectivity index (χ3v) is 6.23. The minimum Gasteiger partial charge on any atom is -0.467 e. The van der Waals surface area contributed by atoms with E-state index in [1.807, 2.05) is 24.3 Å². The summed E-state index contributed by atoms with van der Waals surface area (Å²) in [6.07, 6.45) is 3.03. The van der Waals surface area contributed by atoms with Gasteiger partial charge >= 0.3 is 0 Å². The summed E-state index contributed by atoms with van der Waals surface area (Å²) >= 11 is 0. The second-order valence-electron chi connectivity index (χ2n) is 8.67. The smallest absolute Gasteiger partial charge is 0.290 e. The van der Waals surface area contributed by atoms with Crippen LogP contribution in [0, 0.1) is 0 Å². The van der Waals surface area contributed by atoms with Crippen molar-refractivity contribution in [3.63, 3.8) is 0 Å². The Hall–Kier alpha value is -3.76. The van der Waals surface area contributed by atoms with Crippen molar-refractivity contribution in [2.45, 2.75) is 13.1 Å². The maximum Gasteiger partial charge on any atom is 0.290 e. The molecule has 0 unspecified atom stereocenters. The molecule has 10 nitrogen and oxygen atoms in total. The predicted molar refractivity (Wildman–Crippen MR) is 127 cm³/mol. The topological polar surface area (TPSA) is 97.8 Å². The molecule has 2 aliphatic heterocycles. The molecule has 0 saturated carbocycles. The van der Waals surface area contributed by atoms with Crippen LogP contribution in [-0.4, -0.2) is 79.2 Å². The van der Waals surface area contributed by atoms with Crippen LogP contribution in [0.2, 0.25) is 0 Å². The molecule has 190 valence electrons. The number of hydrogen-bond acceptors (Lipinski definition) is 8. The van der Waals surface area contributed by atoms with Gasteiger partial charge in [0.25, 0.3) is 5.91 Å². The maximum atomic E-state index is 13.6. The van der Waals surface area contributed by atoms with Crippen LogP contribution in [0.1, 0.15) is 21.9 Å². The molecule has 1 saturated heterocycles. The Bertz CT molecular complexity index is 1140. The number of carbonyl (C=O) groups is 2. The fraction of sp³-hybridized carbons (Fsp3) is 0.385. The summed E-state index contributed by atoms with van der Waals surface area (Å²) < 4.78 is 27.2. The van der Waals surface area contributed by atoms with Crippen molar-refractivity contribution < 1.29 is 32.6 Å². The van der Waals surface area contributed by atoms with Gasteiger partial charge in [-0.15, -0.1) is 0 Å². The lowest BCUT2D eigenvalue weighted by Crippen LogP contribution is -2.47. The van der Waals surface area contributed by atoms with Crippen molar-refractivity contribution in [1.29, 1.82) is 0 Å². The highest BCUT2D eigenvalue weighted by atomic mass is 16.7. The Kier molecular flexibility index (Phi) is 7.53. The summed E-state index contributed by atoms with van der Waals surface area (Å²) in [5.41, 5.74) is 0.886. The fourth-order valence-electron chi connectivity index (χ4n) is 4.24. The minimum absolute atomic E-state index is 0.0882. The summed E-state index contributed by atoms with van der Waals surface area (Å²) in [4.78, 5) is 32.3. The molecule has 0 spiro atoms. The molecular formula is C26H29N3O7. The molecule has 0 radical (unpaired) electrons. The lowest BCUT2D eigenvalue weighted by Gasteiger charge is -2.31.